The predicted molar refractivity (Wildman–Crippen MR) is 276 cm³/mol. The fourth-order valence-electron chi connectivity index (χ4n) is 7.19. The highest BCUT2D eigenvalue weighted by molar-refractivity contribution is 4.90. The Morgan fingerprint density at radius 3 is 0.831 bits per heavy atom. The molecule has 3 saturated heterocycles. The lowest BCUT2D eigenvalue weighted by atomic mass is 10.3. The zero-order valence-corrected chi connectivity index (χ0v) is 40.4. The van der Waals surface area contributed by atoms with Gasteiger partial charge in [0.15, 0.2) is 0 Å². The Hall–Kier alpha value is -5.66. The van der Waals surface area contributed by atoms with E-state index in [0.717, 1.165) is 40.5 Å². The van der Waals surface area contributed by atoms with Gasteiger partial charge in [-0.3, -0.25) is 14.7 Å². The second-order valence-electron chi connectivity index (χ2n) is 16.8. The number of nitrogens with zero attached hydrogens (tertiary/aromatic N) is 9. The van der Waals surface area contributed by atoms with Crippen molar-refractivity contribution in [2.45, 2.75) is 83.3 Å². The molecule has 71 heavy (non-hydrogen) atoms. The van der Waals surface area contributed by atoms with E-state index in [9.17, 15) is 44.1 Å². The van der Waals surface area contributed by atoms with E-state index in [1.807, 2.05) is 26.9 Å². The van der Waals surface area contributed by atoms with Crippen molar-refractivity contribution in [2.75, 3.05) is 91.8 Å². The van der Waals surface area contributed by atoms with E-state index in [0.29, 0.717) is 59.1 Å². The first kappa shape index (κ1) is 61.5. The van der Waals surface area contributed by atoms with Crippen LogP contribution in [0.2, 0.25) is 0 Å². The Labute approximate surface area is 415 Å². The van der Waals surface area contributed by atoms with Crippen molar-refractivity contribution < 1.29 is 29.5 Å². The molecule has 0 radical (unpaired) electrons. The lowest BCUT2D eigenvalue weighted by Crippen LogP contribution is -2.58. The Kier molecular flexibility index (Phi) is 28.0. The van der Waals surface area contributed by atoms with Crippen LogP contribution in [-0.4, -0.2) is 186 Å². The topological polar surface area (TPSA) is 252 Å². The summed E-state index contributed by atoms with van der Waals surface area (Å²) in [5.74, 6) is 0. The Balaban J connectivity index is 0.000000485. The minimum Gasteiger partial charge on any atom is -0.390 e. The first-order chi connectivity index (χ1) is 33.6. The predicted octanol–water partition coefficient (Wildman–Crippen LogP) is -1.77. The maximum atomic E-state index is 13.4. The molecule has 22 heteroatoms. The zero-order chi connectivity index (χ0) is 51.8. The van der Waals surface area contributed by atoms with Crippen LogP contribution in [0.1, 0.15) is 7.43 Å². The molecule has 0 spiro atoms. The summed E-state index contributed by atoms with van der Waals surface area (Å²) < 4.78 is 20.7. The standard InChI is InChI=1S/C30H48N6O6.C12H15N3O6.C6H11N.CH4/c1-7-13-31(14-8-2)19-25(37)22-34-28(40)35(23-26(38)20-32(15-9-3)16-10-4)30(42)36(29(34)41)24-27(39)21-33(17-11-5)18-12-6;16-10-13(1-7-4-19-7)11(17)15(3-9-6-21-9)12(18)14(10)2-8-5-20-8;1-3-5-7-6-4-2;/h7-12,25-27,37-39H,1-6,13-24H2;7-9H,1-6H2;3-4,7H,1-2,5-6H2;1H4. The average molecular weight is 999 g/mol. The lowest BCUT2D eigenvalue weighted by Gasteiger charge is -2.25. The Morgan fingerprint density at radius 2 is 0.648 bits per heavy atom. The molecule has 3 fully saturated rings. The molecule has 2 aromatic heterocycles. The largest absolute Gasteiger partial charge is 0.390 e. The van der Waals surface area contributed by atoms with E-state index < -0.39 is 72.1 Å². The van der Waals surface area contributed by atoms with Gasteiger partial charge in [-0.25, -0.2) is 56.2 Å². The highest BCUT2D eigenvalue weighted by atomic mass is 16.6. The molecular formula is C49H78N10O12. The lowest BCUT2D eigenvalue weighted by molar-refractivity contribution is 0.0897. The van der Waals surface area contributed by atoms with Crippen molar-refractivity contribution in [3.05, 3.63) is 164 Å². The molecule has 0 saturated carbocycles. The molecule has 3 aliphatic rings. The Bertz CT molecular complexity index is 2080. The van der Waals surface area contributed by atoms with Crippen LogP contribution in [-0.2, 0) is 53.5 Å². The molecule has 6 atom stereocenters. The molecule has 3 aliphatic heterocycles. The van der Waals surface area contributed by atoms with E-state index in [1.54, 1.807) is 36.5 Å². The summed E-state index contributed by atoms with van der Waals surface area (Å²) >= 11 is 0. The summed E-state index contributed by atoms with van der Waals surface area (Å²) in [5.41, 5.74) is -4.68. The van der Waals surface area contributed by atoms with E-state index >= 15 is 0 Å². The summed E-state index contributed by atoms with van der Waals surface area (Å²) in [4.78, 5) is 82.9. The van der Waals surface area contributed by atoms with Gasteiger partial charge >= 0.3 is 34.1 Å². The first-order valence-corrected chi connectivity index (χ1v) is 23.1. The van der Waals surface area contributed by atoms with E-state index in [1.165, 1.54) is 0 Å². The number of hydrogen-bond acceptors (Lipinski definition) is 16. The molecule has 2 aromatic rings. The fraction of sp³-hybridized carbons (Fsp3) is 0.551. The van der Waals surface area contributed by atoms with Crippen LogP contribution in [0.4, 0.5) is 0 Å². The van der Waals surface area contributed by atoms with Crippen molar-refractivity contribution >= 4 is 0 Å². The van der Waals surface area contributed by atoms with Crippen molar-refractivity contribution in [2.24, 2.45) is 0 Å². The third-order valence-corrected chi connectivity index (χ3v) is 10.6. The molecular weight excluding hydrogens is 921 g/mol. The summed E-state index contributed by atoms with van der Waals surface area (Å²) in [6.45, 7) is 34.8. The molecule has 0 aromatic carbocycles. The van der Waals surface area contributed by atoms with Crippen molar-refractivity contribution in [1.82, 2.24) is 47.4 Å². The first-order valence-electron chi connectivity index (χ1n) is 23.1. The van der Waals surface area contributed by atoms with Gasteiger partial charge in [-0.1, -0.05) is 56.0 Å². The quantitative estimate of drug-likeness (QED) is 0.0344. The molecule has 396 valence electrons. The summed E-state index contributed by atoms with van der Waals surface area (Å²) in [7, 11) is 0. The van der Waals surface area contributed by atoms with Gasteiger partial charge in [-0.05, 0) is 0 Å². The normalized spacial score (nSPS) is 17.5. The highest BCUT2D eigenvalue weighted by Gasteiger charge is 2.32. The SMILES string of the molecule is C.C=CCN(CC=C)CC(O)Cn1c(=O)n(CC(O)CN(CC=C)CC=C)c(=O)n(CC(O)CN(CC=C)CC=C)c1=O.C=CCNCC=C.O=c1n(CC2CO2)c(=O)n(CC2CO2)c(=O)n1CC1CO1. The number of aliphatic hydroxyl groups excluding tert-OH is 3. The minimum absolute atomic E-state index is 0. The maximum absolute atomic E-state index is 13.4. The van der Waals surface area contributed by atoms with Gasteiger partial charge < -0.3 is 34.8 Å². The number of ether oxygens (including phenoxy) is 3. The monoisotopic (exact) mass is 999 g/mol. The van der Waals surface area contributed by atoms with E-state index in [-0.39, 0.29) is 65.0 Å². The summed E-state index contributed by atoms with van der Waals surface area (Å²) in [6.07, 6.45) is 9.74. The van der Waals surface area contributed by atoms with Crippen LogP contribution in [0.25, 0.3) is 0 Å². The number of nitrogens with one attached hydrogen (secondary N) is 1. The molecule has 0 aliphatic carbocycles. The summed E-state index contributed by atoms with van der Waals surface area (Å²) in [5, 5.41) is 35.5. The minimum atomic E-state index is -1.16. The average Bonchev–Trinajstić information content (AvgIpc) is 4.17. The van der Waals surface area contributed by atoms with E-state index in [2.05, 4.69) is 57.9 Å². The van der Waals surface area contributed by atoms with Gasteiger partial charge in [0, 0.05) is 72.0 Å². The highest BCUT2D eigenvalue weighted by Crippen LogP contribution is 2.12. The van der Waals surface area contributed by atoms with Crippen molar-refractivity contribution in [1.29, 1.82) is 0 Å². The second-order valence-corrected chi connectivity index (χ2v) is 16.8. The van der Waals surface area contributed by atoms with Gasteiger partial charge in [0.05, 0.1) is 95.7 Å². The smallest absolute Gasteiger partial charge is 0.336 e. The fourth-order valence-corrected chi connectivity index (χ4v) is 7.19. The molecule has 6 unspecified atom stereocenters. The maximum Gasteiger partial charge on any atom is 0.336 e. The van der Waals surface area contributed by atoms with Gasteiger partial charge in [-0.15, -0.1) is 52.6 Å². The van der Waals surface area contributed by atoms with E-state index in [4.69, 9.17) is 14.2 Å². The molecule has 22 nitrogen and oxygen atoms in total. The van der Waals surface area contributed by atoms with Gasteiger partial charge in [-0.2, -0.15) is 0 Å². The third kappa shape index (κ3) is 20.9. The van der Waals surface area contributed by atoms with Crippen LogP contribution < -0.4 is 39.5 Å². The number of aromatic nitrogens is 6. The van der Waals surface area contributed by atoms with Crippen LogP contribution in [0, 0.1) is 0 Å². The molecule has 4 N–H and O–H groups in total. The number of epoxide rings is 3. The Morgan fingerprint density at radius 1 is 0.437 bits per heavy atom. The van der Waals surface area contributed by atoms with Gasteiger partial charge in [0.25, 0.3) is 0 Å². The van der Waals surface area contributed by atoms with Gasteiger partial charge in [0.2, 0.25) is 0 Å². The van der Waals surface area contributed by atoms with Crippen molar-refractivity contribution in [3.63, 3.8) is 0 Å². The summed E-state index contributed by atoms with van der Waals surface area (Å²) in [6, 6.07) is 0. The number of hydrogen-bond donors (Lipinski definition) is 4. The van der Waals surface area contributed by atoms with Crippen LogP contribution in [0.15, 0.2) is 130 Å². The van der Waals surface area contributed by atoms with Gasteiger partial charge in [0.1, 0.15) is 0 Å². The number of aliphatic hydroxyl groups is 3. The number of rotatable bonds is 34. The zero-order valence-electron chi connectivity index (χ0n) is 40.4. The molecule has 5 rings (SSSR count). The molecule has 5 heterocycles. The van der Waals surface area contributed by atoms with Crippen LogP contribution in [0.5, 0.6) is 0 Å². The van der Waals surface area contributed by atoms with Crippen LogP contribution in [0.3, 0.4) is 0 Å². The van der Waals surface area contributed by atoms with Crippen LogP contribution >= 0.6 is 0 Å². The third-order valence-electron chi connectivity index (χ3n) is 10.6. The molecule has 0 bridgehead atoms. The van der Waals surface area contributed by atoms with Crippen molar-refractivity contribution in [3.8, 4) is 0 Å². The molecule has 0 amide bonds. The second kappa shape index (κ2) is 32.3.